The Morgan fingerprint density at radius 3 is 3.00 bits per heavy atom. The van der Waals surface area contributed by atoms with Crippen LogP contribution in [-0.4, -0.2) is 0 Å². The molecule has 0 bridgehead atoms. The highest BCUT2D eigenvalue weighted by Gasteiger charge is 2.09. The van der Waals surface area contributed by atoms with Crippen molar-refractivity contribution in [3.8, 4) is 0 Å². The molecule has 0 fully saturated rings. The summed E-state index contributed by atoms with van der Waals surface area (Å²) >= 11 is 5.08. The first-order valence-corrected chi connectivity index (χ1v) is 5.26. The molecule has 0 spiro atoms. The van der Waals surface area contributed by atoms with Gasteiger partial charge in [0.15, 0.2) is 0 Å². The monoisotopic (exact) mass is 246 g/mol. The lowest BCUT2D eigenvalue weighted by Gasteiger charge is -2.10. The summed E-state index contributed by atoms with van der Waals surface area (Å²) in [5.74, 6) is 5.39. The zero-order valence-corrected chi connectivity index (χ0v) is 8.99. The second kappa shape index (κ2) is 4.77. The lowest BCUT2D eigenvalue weighted by Crippen LogP contribution is -2.26. The minimum Gasteiger partial charge on any atom is -0.271 e. The summed E-state index contributed by atoms with van der Waals surface area (Å²) < 4.78 is 1.10. The highest BCUT2D eigenvalue weighted by atomic mass is 79.9. The van der Waals surface area contributed by atoms with E-state index in [0.717, 1.165) is 10.9 Å². The maximum atomic E-state index is 5.39. The van der Waals surface area contributed by atoms with E-state index >= 15 is 0 Å². The van der Waals surface area contributed by atoms with Crippen LogP contribution in [0.25, 0.3) is 0 Å². The number of thiophene rings is 1. The van der Waals surface area contributed by atoms with E-state index < -0.39 is 0 Å². The maximum Gasteiger partial charge on any atom is 0.0587 e. The van der Waals surface area contributed by atoms with Crippen LogP contribution in [0.3, 0.4) is 0 Å². The molecule has 1 atom stereocenters. The van der Waals surface area contributed by atoms with Gasteiger partial charge in [0.1, 0.15) is 0 Å². The molecule has 2 nitrogen and oxygen atoms in total. The third-order valence-corrected chi connectivity index (χ3v) is 3.34. The molecule has 1 aromatic heterocycles. The van der Waals surface area contributed by atoms with E-state index in [2.05, 4.69) is 34.0 Å². The average Bonchev–Trinajstić information content (AvgIpc) is 2.47. The largest absolute Gasteiger partial charge is 0.271 e. The number of hydrazine groups is 1. The molecule has 66 valence electrons. The van der Waals surface area contributed by atoms with E-state index in [1.165, 1.54) is 4.88 Å². The van der Waals surface area contributed by atoms with Crippen LogP contribution < -0.4 is 11.3 Å². The number of hydrogen-bond donors (Lipinski definition) is 2. The van der Waals surface area contributed by atoms with Crippen LogP contribution in [0.1, 0.15) is 17.3 Å². The van der Waals surface area contributed by atoms with E-state index in [1.54, 1.807) is 11.3 Å². The van der Waals surface area contributed by atoms with Crippen LogP contribution >= 0.6 is 27.3 Å². The summed E-state index contributed by atoms with van der Waals surface area (Å²) in [5, 5.41) is 2.04. The Bertz CT molecular complexity index is 259. The standard InChI is InChI=1S/C8H11BrN2S/c1-2-3-7(11-10)8-4-6(9)5-12-8/h2,4-5,7,11H,1,3,10H2. The van der Waals surface area contributed by atoms with Gasteiger partial charge in [-0.1, -0.05) is 6.08 Å². The molecule has 0 saturated carbocycles. The molecular weight excluding hydrogens is 236 g/mol. The third-order valence-electron chi connectivity index (χ3n) is 1.53. The van der Waals surface area contributed by atoms with Gasteiger partial charge in [-0.05, 0) is 28.4 Å². The van der Waals surface area contributed by atoms with Gasteiger partial charge in [0.05, 0.1) is 6.04 Å². The van der Waals surface area contributed by atoms with Crippen LogP contribution in [0.4, 0.5) is 0 Å². The van der Waals surface area contributed by atoms with E-state index in [4.69, 9.17) is 5.84 Å². The van der Waals surface area contributed by atoms with E-state index in [1.807, 2.05) is 11.5 Å². The van der Waals surface area contributed by atoms with Crippen LogP contribution in [0.15, 0.2) is 28.6 Å². The molecule has 0 amide bonds. The Balaban J connectivity index is 2.72. The Hall–Kier alpha value is -0.160. The number of halogens is 1. The minimum atomic E-state index is 0.193. The lowest BCUT2D eigenvalue weighted by atomic mass is 10.2. The average molecular weight is 247 g/mol. The summed E-state index contributed by atoms with van der Waals surface area (Å²) in [4.78, 5) is 1.23. The minimum absolute atomic E-state index is 0.193. The van der Waals surface area contributed by atoms with Crippen LogP contribution in [0, 0.1) is 0 Å². The van der Waals surface area contributed by atoms with Crippen molar-refractivity contribution < 1.29 is 0 Å². The molecule has 4 heteroatoms. The predicted octanol–water partition coefficient (Wildman–Crippen LogP) is 2.59. The van der Waals surface area contributed by atoms with Gasteiger partial charge in [-0.25, -0.2) is 0 Å². The second-order valence-corrected chi connectivity index (χ2v) is 4.27. The van der Waals surface area contributed by atoms with Crippen molar-refractivity contribution in [2.75, 3.05) is 0 Å². The number of hydrogen-bond acceptors (Lipinski definition) is 3. The Morgan fingerprint density at radius 2 is 2.58 bits per heavy atom. The van der Waals surface area contributed by atoms with Crippen molar-refractivity contribution in [2.24, 2.45) is 5.84 Å². The summed E-state index contributed by atoms with van der Waals surface area (Å²) in [6.07, 6.45) is 2.71. The highest BCUT2D eigenvalue weighted by Crippen LogP contribution is 2.26. The normalized spacial score (nSPS) is 12.8. The summed E-state index contributed by atoms with van der Waals surface area (Å²) in [6, 6.07) is 2.26. The molecule has 0 radical (unpaired) electrons. The molecule has 1 unspecified atom stereocenters. The Labute approximate surface area is 84.6 Å². The molecular formula is C8H11BrN2S. The fraction of sp³-hybridized carbons (Fsp3) is 0.250. The molecule has 3 N–H and O–H groups in total. The first kappa shape index (κ1) is 9.92. The first-order valence-electron chi connectivity index (χ1n) is 3.59. The fourth-order valence-corrected chi connectivity index (χ4v) is 2.46. The Morgan fingerprint density at radius 1 is 1.83 bits per heavy atom. The van der Waals surface area contributed by atoms with E-state index in [9.17, 15) is 0 Å². The van der Waals surface area contributed by atoms with Gasteiger partial charge < -0.3 is 0 Å². The SMILES string of the molecule is C=CCC(NN)c1cc(Br)cs1. The molecule has 0 aromatic carbocycles. The predicted molar refractivity (Wildman–Crippen MR) is 56.9 cm³/mol. The number of nitrogens with one attached hydrogen (secondary N) is 1. The van der Waals surface area contributed by atoms with Crippen molar-refractivity contribution in [1.82, 2.24) is 5.43 Å². The van der Waals surface area contributed by atoms with Crippen molar-refractivity contribution in [1.29, 1.82) is 0 Å². The second-order valence-electron chi connectivity index (χ2n) is 2.41. The topological polar surface area (TPSA) is 38.0 Å². The highest BCUT2D eigenvalue weighted by molar-refractivity contribution is 9.10. The van der Waals surface area contributed by atoms with Gasteiger partial charge in [-0.3, -0.25) is 11.3 Å². The fourth-order valence-electron chi connectivity index (χ4n) is 0.944. The van der Waals surface area contributed by atoms with Crippen molar-refractivity contribution in [3.05, 3.63) is 33.5 Å². The van der Waals surface area contributed by atoms with Gasteiger partial charge in [0.2, 0.25) is 0 Å². The zero-order valence-electron chi connectivity index (χ0n) is 6.59. The molecule has 0 aliphatic rings. The molecule has 1 rings (SSSR count). The molecule has 1 aromatic rings. The molecule has 0 aliphatic heterocycles. The van der Waals surface area contributed by atoms with Gasteiger partial charge in [0, 0.05) is 14.7 Å². The van der Waals surface area contributed by atoms with Crippen LogP contribution in [-0.2, 0) is 0 Å². The maximum absolute atomic E-state index is 5.39. The summed E-state index contributed by atoms with van der Waals surface area (Å²) in [6.45, 7) is 3.68. The first-order chi connectivity index (χ1) is 5.77. The van der Waals surface area contributed by atoms with Gasteiger partial charge in [-0.2, -0.15) is 0 Å². The molecule has 0 saturated heterocycles. The van der Waals surface area contributed by atoms with Gasteiger partial charge in [0.25, 0.3) is 0 Å². The zero-order chi connectivity index (χ0) is 8.97. The summed E-state index contributed by atoms with van der Waals surface area (Å²) in [7, 11) is 0. The quantitative estimate of drug-likeness (QED) is 0.487. The van der Waals surface area contributed by atoms with Crippen LogP contribution in [0.5, 0.6) is 0 Å². The van der Waals surface area contributed by atoms with E-state index in [-0.39, 0.29) is 6.04 Å². The Kier molecular flexibility index (Phi) is 3.94. The molecule has 1 heterocycles. The smallest absolute Gasteiger partial charge is 0.0587 e. The van der Waals surface area contributed by atoms with Crippen molar-refractivity contribution >= 4 is 27.3 Å². The van der Waals surface area contributed by atoms with Crippen LogP contribution in [0.2, 0.25) is 0 Å². The lowest BCUT2D eigenvalue weighted by molar-refractivity contribution is 0.570. The van der Waals surface area contributed by atoms with Crippen molar-refractivity contribution in [3.63, 3.8) is 0 Å². The van der Waals surface area contributed by atoms with Gasteiger partial charge in [-0.15, -0.1) is 17.9 Å². The third kappa shape index (κ3) is 2.42. The van der Waals surface area contributed by atoms with Crippen molar-refractivity contribution in [2.45, 2.75) is 12.5 Å². The van der Waals surface area contributed by atoms with Gasteiger partial charge >= 0.3 is 0 Å². The number of nitrogens with two attached hydrogens (primary N) is 1. The summed E-state index contributed by atoms with van der Waals surface area (Å²) in [5.41, 5.74) is 2.75. The molecule has 0 aliphatic carbocycles. The molecule has 12 heavy (non-hydrogen) atoms. The van der Waals surface area contributed by atoms with E-state index in [0.29, 0.717) is 0 Å². The number of rotatable bonds is 4.